The minimum Gasteiger partial charge on any atom is -0.478 e. The average molecular weight is 317 g/mol. The van der Waals surface area contributed by atoms with Crippen LogP contribution in [0.5, 0.6) is 0 Å². The Labute approximate surface area is 132 Å². The second-order valence-electron chi connectivity index (χ2n) is 5.05. The SMILES string of the molecule is O=C(O)c1ccc(C(=O)NCC(O)Cc2ccccc2)c(F)c1. The minimum absolute atomic E-state index is 0.0339. The number of aromatic carboxylic acids is 1. The first-order chi connectivity index (χ1) is 11.0. The van der Waals surface area contributed by atoms with Crippen LogP contribution in [0.3, 0.4) is 0 Å². The maximum Gasteiger partial charge on any atom is 0.335 e. The Morgan fingerprint density at radius 1 is 1.13 bits per heavy atom. The van der Waals surface area contributed by atoms with Gasteiger partial charge in [0.1, 0.15) is 5.82 Å². The standard InChI is InChI=1S/C17H16FNO4/c18-15-9-12(17(22)23)6-7-14(15)16(21)19-10-13(20)8-11-4-2-1-3-5-11/h1-7,9,13,20H,8,10H2,(H,19,21)(H,22,23). The molecule has 6 heteroatoms. The minimum atomic E-state index is -1.27. The third-order valence-corrected chi connectivity index (χ3v) is 3.27. The van der Waals surface area contributed by atoms with E-state index in [0.29, 0.717) is 6.42 Å². The number of carbonyl (C=O) groups is 2. The van der Waals surface area contributed by atoms with E-state index in [9.17, 15) is 19.1 Å². The highest BCUT2D eigenvalue weighted by molar-refractivity contribution is 5.96. The van der Waals surface area contributed by atoms with E-state index in [1.165, 1.54) is 0 Å². The summed E-state index contributed by atoms with van der Waals surface area (Å²) in [4.78, 5) is 22.6. The molecule has 0 saturated carbocycles. The van der Waals surface area contributed by atoms with Gasteiger partial charge in [-0.1, -0.05) is 30.3 Å². The highest BCUT2D eigenvalue weighted by Gasteiger charge is 2.15. The zero-order chi connectivity index (χ0) is 16.8. The van der Waals surface area contributed by atoms with Gasteiger partial charge in [0.05, 0.1) is 17.2 Å². The van der Waals surface area contributed by atoms with Gasteiger partial charge in [-0.3, -0.25) is 4.79 Å². The van der Waals surface area contributed by atoms with Crippen molar-refractivity contribution >= 4 is 11.9 Å². The Hall–Kier alpha value is -2.73. The summed E-state index contributed by atoms with van der Waals surface area (Å²) in [7, 11) is 0. The van der Waals surface area contributed by atoms with Crippen molar-refractivity contribution in [3.63, 3.8) is 0 Å². The molecule has 3 N–H and O–H groups in total. The van der Waals surface area contributed by atoms with Gasteiger partial charge in [0.15, 0.2) is 0 Å². The topological polar surface area (TPSA) is 86.6 Å². The van der Waals surface area contributed by atoms with E-state index in [2.05, 4.69) is 5.32 Å². The lowest BCUT2D eigenvalue weighted by Gasteiger charge is -2.12. The largest absolute Gasteiger partial charge is 0.478 e. The van der Waals surface area contributed by atoms with Crippen molar-refractivity contribution in [3.8, 4) is 0 Å². The predicted molar refractivity (Wildman–Crippen MR) is 81.8 cm³/mol. The molecule has 1 unspecified atom stereocenters. The van der Waals surface area contributed by atoms with Crippen molar-refractivity contribution in [1.29, 1.82) is 0 Å². The number of rotatable bonds is 6. The number of nitrogens with one attached hydrogen (secondary N) is 1. The van der Waals surface area contributed by atoms with E-state index in [-0.39, 0.29) is 17.7 Å². The van der Waals surface area contributed by atoms with E-state index in [1.54, 1.807) is 0 Å². The molecule has 23 heavy (non-hydrogen) atoms. The third-order valence-electron chi connectivity index (χ3n) is 3.27. The van der Waals surface area contributed by atoms with Crippen LogP contribution in [0.4, 0.5) is 4.39 Å². The van der Waals surface area contributed by atoms with Gasteiger partial charge in [-0.05, 0) is 23.8 Å². The van der Waals surface area contributed by atoms with E-state index >= 15 is 0 Å². The van der Waals surface area contributed by atoms with Gasteiger partial charge in [0.2, 0.25) is 0 Å². The first kappa shape index (κ1) is 16.6. The summed E-state index contributed by atoms with van der Waals surface area (Å²) in [5.74, 6) is -2.89. The zero-order valence-electron chi connectivity index (χ0n) is 12.2. The lowest BCUT2D eigenvalue weighted by Crippen LogP contribution is -2.33. The van der Waals surface area contributed by atoms with Crippen molar-refractivity contribution in [2.75, 3.05) is 6.54 Å². The van der Waals surface area contributed by atoms with Crippen LogP contribution in [0, 0.1) is 5.82 Å². The quantitative estimate of drug-likeness (QED) is 0.759. The molecule has 0 saturated heterocycles. The van der Waals surface area contributed by atoms with Gasteiger partial charge < -0.3 is 15.5 Å². The normalized spacial score (nSPS) is 11.7. The fraction of sp³-hybridized carbons (Fsp3) is 0.176. The van der Waals surface area contributed by atoms with Gasteiger partial charge >= 0.3 is 5.97 Å². The van der Waals surface area contributed by atoms with E-state index in [4.69, 9.17) is 5.11 Å². The monoisotopic (exact) mass is 317 g/mol. The third kappa shape index (κ3) is 4.62. The van der Waals surface area contributed by atoms with Gasteiger partial charge in [-0.2, -0.15) is 0 Å². The first-order valence-electron chi connectivity index (χ1n) is 7.00. The number of carboxylic acid groups (broad SMARTS) is 1. The smallest absolute Gasteiger partial charge is 0.335 e. The molecule has 2 rings (SSSR count). The Morgan fingerprint density at radius 3 is 2.43 bits per heavy atom. The van der Waals surface area contributed by atoms with E-state index < -0.39 is 23.8 Å². The molecule has 0 aliphatic carbocycles. The summed E-state index contributed by atoms with van der Waals surface area (Å²) in [6.07, 6.45) is -0.440. The molecule has 0 fully saturated rings. The van der Waals surface area contributed by atoms with Crippen molar-refractivity contribution in [2.45, 2.75) is 12.5 Å². The number of aliphatic hydroxyl groups is 1. The summed E-state index contributed by atoms with van der Waals surface area (Å²) in [6, 6.07) is 12.3. The van der Waals surface area contributed by atoms with Crippen LogP contribution >= 0.6 is 0 Å². The Bertz CT molecular complexity index is 703. The molecule has 0 spiro atoms. The number of carbonyl (C=O) groups excluding carboxylic acids is 1. The lowest BCUT2D eigenvalue weighted by atomic mass is 10.1. The second-order valence-corrected chi connectivity index (χ2v) is 5.05. The van der Waals surface area contributed by atoms with E-state index in [1.807, 2.05) is 30.3 Å². The molecule has 5 nitrogen and oxygen atoms in total. The molecule has 1 amide bonds. The fourth-order valence-electron chi connectivity index (χ4n) is 2.10. The van der Waals surface area contributed by atoms with Crippen LogP contribution in [0.2, 0.25) is 0 Å². The van der Waals surface area contributed by atoms with Gasteiger partial charge in [-0.25, -0.2) is 9.18 Å². The van der Waals surface area contributed by atoms with E-state index in [0.717, 1.165) is 23.8 Å². The maximum absolute atomic E-state index is 13.7. The molecule has 2 aromatic carbocycles. The number of hydrogen-bond donors (Lipinski definition) is 3. The molecular weight excluding hydrogens is 301 g/mol. The second kappa shape index (κ2) is 7.51. The predicted octanol–water partition coefficient (Wildman–Crippen LogP) is 1.86. The number of halogens is 1. The summed E-state index contributed by atoms with van der Waals surface area (Å²) < 4.78 is 13.7. The Morgan fingerprint density at radius 2 is 1.83 bits per heavy atom. The molecule has 1 atom stereocenters. The molecule has 0 aliphatic heterocycles. The van der Waals surface area contributed by atoms with Gasteiger partial charge in [-0.15, -0.1) is 0 Å². The number of carboxylic acids is 1. The average Bonchev–Trinajstić information content (AvgIpc) is 2.53. The zero-order valence-corrected chi connectivity index (χ0v) is 12.2. The van der Waals surface area contributed by atoms with Crippen LogP contribution in [0.1, 0.15) is 26.3 Å². The first-order valence-corrected chi connectivity index (χ1v) is 7.00. The molecule has 0 aliphatic rings. The maximum atomic E-state index is 13.7. The number of amides is 1. The van der Waals surface area contributed by atoms with Crippen molar-refractivity contribution in [2.24, 2.45) is 0 Å². The molecule has 0 aromatic heterocycles. The fourth-order valence-corrected chi connectivity index (χ4v) is 2.10. The van der Waals surface area contributed by atoms with Crippen molar-refractivity contribution in [1.82, 2.24) is 5.32 Å². The van der Waals surface area contributed by atoms with Crippen molar-refractivity contribution < 1.29 is 24.2 Å². The van der Waals surface area contributed by atoms with Gasteiger partial charge in [0.25, 0.3) is 5.91 Å². The van der Waals surface area contributed by atoms with Crippen LogP contribution in [0.15, 0.2) is 48.5 Å². The van der Waals surface area contributed by atoms with Crippen LogP contribution < -0.4 is 5.32 Å². The van der Waals surface area contributed by atoms with Crippen LogP contribution in [-0.2, 0) is 6.42 Å². The highest BCUT2D eigenvalue weighted by Crippen LogP contribution is 2.11. The summed E-state index contributed by atoms with van der Waals surface area (Å²) in [5.41, 5.74) is 0.427. The van der Waals surface area contributed by atoms with Gasteiger partial charge in [0, 0.05) is 13.0 Å². The summed E-state index contributed by atoms with van der Waals surface area (Å²) in [6.45, 7) is -0.0339. The summed E-state index contributed by atoms with van der Waals surface area (Å²) in [5, 5.41) is 21.1. The summed E-state index contributed by atoms with van der Waals surface area (Å²) >= 11 is 0. The molecule has 120 valence electrons. The molecule has 0 radical (unpaired) electrons. The molecular formula is C17H16FNO4. The molecule has 2 aromatic rings. The lowest BCUT2D eigenvalue weighted by molar-refractivity contribution is 0.0695. The molecule has 0 bridgehead atoms. The Kier molecular flexibility index (Phi) is 5.43. The Balaban J connectivity index is 1.93. The highest BCUT2D eigenvalue weighted by atomic mass is 19.1. The van der Waals surface area contributed by atoms with Crippen LogP contribution in [0.25, 0.3) is 0 Å². The molecule has 0 heterocycles. The number of benzene rings is 2. The van der Waals surface area contributed by atoms with Crippen molar-refractivity contribution in [3.05, 3.63) is 71.0 Å². The van der Waals surface area contributed by atoms with Crippen LogP contribution in [-0.4, -0.2) is 34.7 Å². The number of hydrogen-bond acceptors (Lipinski definition) is 3. The number of aliphatic hydroxyl groups excluding tert-OH is 1.